The van der Waals surface area contributed by atoms with Crippen molar-refractivity contribution in [3.8, 4) is 0 Å². The number of nitrogens with two attached hydrogens (primary N) is 1. The molecule has 0 saturated carbocycles. The molecule has 0 amide bonds. The first-order valence-electron chi connectivity index (χ1n) is 7.19. The minimum Gasteiger partial charge on any atom is -0.383 e. The summed E-state index contributed by atoms with van der Waals surface area (Å²) in [5.41, 5.74) is 9.65. The van der Waals surface area contributed by atoms with Crippen LogP contribution in [0.5, 0.6) is 0 Å². The summed E-state index contributed by atoms with van der Waals surface area (Å²) < 4.78 is 0. The summed E-state index contributed by atoms with van der Waals surface area (Å²) in [7, 11) is 0. The van der Waals surface area contributed by atoms with E-state index in [4.69, 9.17) is 10.7 Å². The van der Waals surface area contributed by atoms with Crippen LogP contribution < -0.4 is 10.6 Å². The summed E-state index contributed by atoms with van der Waals surface area (Å²) in [6.07, 6.45) is 3.07. The van der Waals surface area contributed by atoms with Gasteiger partial charge >= 0.3 is 0 Å². The van der Waals surface area contributed by atoms with Gasteiger partial charge in [-0.1, -0.05) is 25.1 Å². The molecule has 0 unspecified atom stereocenters. The minimum atomic E-state index is 0.593. The molecule has 2 heterocycles. The second kappa shape index (κ2) is 5.12. The highest BCUT2D eigenvalue weighted by Gasteiger charge is 2.21. The first-order valence-corrected chi connectivity index (χ1v) is 7.19. The standard InChI is InChI=1S/C16H20N4/c1-3-14-18-15(17)11(2)16(19-14)20-10-6-8-12-7-4-5-9-13(12)20/h4-5,7,9H,3,6,8,10H2,1-2H3,(H2,17,18,19). The van der Waals surface area contributed by atoms with Crippen LogP contribution in [-0.4, -0.2) is 16.5 Å². The van der Waals surface area contributed by atoms with Crippen LogP contribution in [0.25, 0.3) is 0 Å². The third-order valence-electron chi connectivity index (χ3n) is 3.89. The Morgan fingerprint density at radius 2 is 2.05 bits per heavy atom. The Morgan fingerprint density at radius 1 is 1.25 bits per heavy atom. The fourth-order valence-corrected chi connectivity index (χ4v) is 2.74. The summed E-state index contributed by atoms with van der Waals surface area (Å²) in [5.74, 6) is 2.36. The average molecular weight is 268 g/mol. The third-order valence-corrected chi connectivity index (χ3v) is 3.89. The average Bonchev–Trinajstić information content (AvgIpc) is 2.49. The lowest BCUT2D eigenvalue weighted by Crippen LogP contribution is -2.27. The molecule has 0 saturated heterocycles. The summed E-state index contributed by atoms with van der Waals surface area (Å²) in [6.45, 7) is 5.04. The van der Waals surface area contributed by atoms with Crippen LogP contribution in [0.1, 0.15) is 30.3 Å². The van der Waals surface area contributed by atoms with E-state index in [0.717, 1.165) is 43.0 Å². The van der Waals surface area contributed by atoms with Gasteiger partial charge in [-0.25, -0.2) is 9.97 Å². The van der Waals surface area contributed by atoms with Crippen LogP contribution in [0.4, 0.5) is 17.3 Å². The molecule has 0 radical (unpaired) electrons. The zero-order valence-corrected chi connectivity index (χ0v) is 12.1. The van der Waals surface area contributed by atoms with E-state index in [-0.39, 0.29) is 0 Å². The van der Waals surface area contributed by atoms with Crippen molar-refractivity contribution in [3.63, 3.8) is 0 Å². The van der Waals surface area contributed by atoms with Crippen molar-refractivity contribution in [2.75, 3.05) is 17.2 Å². The van der Waals surface area contributed by atoms with Gasteiger partial charge in [0, 0.05) is 24.2 Å². The van der Waals surface area contributed by atoms with Crippen molar-refractivity contribution in [3.05, 3.63) is 41.2 Å². The van der Waals surface area contributed by atoms with Gasteiger partial charge in [0.05, 0.1) is 0 Å². The van der Waals surface area contributed by atoms with Crippen molar-refractivity contribution < 1.29 is 0 Å². The number of nitrogen functional groups attached to an aromatic ring is 1. The largest absolute Gasteiger partial charge is 0.383 e. The van der Waals surface area contributed by atoms with Crippen LogP contribution >= 0.6 is 0 Å². The van der Waals surface area contributed by atoms with Crippen LogP contribution in [0.2, 0.25) is 0 Å². The quantitative estimate of drug-likeness (QED) is 0.909. The molecule has 0 spiro atoms. The Bertz CT molecular complexity index is 636. The van der Waals surface area contributed by atoms with Gasteiger partial charge in [-0.3, -0.25) is 0 Å². The molecular weight excluding hydrogens is 248 g/mol. The highest BCUT2D eigenvalue weighted by Crippen LogP contribution is 2.34. The van der Waals surface area contributed by atoms with E-state index in [0.29, 0.717) is 5.82 Å². The first kappa shape index (κ1) is 12.9. The van der Waals surface area contributed by atoms with Gasteiger partial charge in [0.2, 0.25) is 0 Å². The maximum absolute atomic E-state index is 6.05. The van der Waals surface area contributed by atoms with Gasteiger partial charge in [-0.05, 0) is 31.4 Å². The highest BCUT2D eigenvalue weighted by molar-refractivity contribution is 5.70. The summed E-state index contributed by atoms with van der Waals surface area (Å²) in [6, 6.07) is 8.54. The molecule has 4 nitrogen and oxygen atoms in total. The lowest BCUT2D eigenvalue weighted by Gasteiger charge is -2.31. The Hall–Kier alpha value is -2.10. The molecule has 2 N–H and O–H groups in total. The van der Waals surface area contributed by atoms with Crippen LogP contribution in [-0.2, 0) is 12.8 Å². The van der Waals surface area contributed by atoms with E-state index in [2.05, 4.69) is 41.1 Å². The number of aryl methyl sites for hydroxylation is 2. The molecule has 4 heteroatoms. The molecule has 104 valence electrons. The lowest BCUT2D eigenvalue weighted by atomic mass is 10.0. The monoisotopic (exact) mass is 268 g/mol. The molecule has 1 aliphatic rings. The van der Waals surface area contributed by atoms with Crippen LogP contribution in [0.3, 0.4) is 0 Å². The number of anilines is 3. The molecule has 3 rings (SSSR count). The molecule has 1 aliphatic heterocycles. The molecule has 1 aromatic heterocycles. The minimum absolute atomic E-state index is 0.593. The predicted molar refractivity (Wildman–Crippen MR) is 82.3 cm³/mol. The molecule has 0 aliphatic carbocycles. The maximum atomic E-state index is 6.05. The molecule has 0 bridgehead atoms. The van der Waals surface area contributed by atoms with Gasteiger partial charge < -0.3 is 10.6 Å². The highest BCUT2D eigenvalue weighted by atomic mass is 15.2. The fraction of sp³-hybridized carbons (Fsp3) is 0.375. The van der Waals surface area contributed by atoms with Crippen LogP contribution in [0, 0.1) is 6.92 Å². The van der Waals surface area contributed by atoms with Gasteiger partial charge in [0.1, 0.15) is 17.5 Å². The van der Waals surface area contributed by atoms with Gasteiger partial charge in [0.25, 0.3) is 0 Å². The summed E-state index contributed by atoms with van der Waals surface area (Å²) in [4.78, 5) is 11.3. The number of hydrogen-bond donors (Lipinski definition) is 1. The van der Waals surface area contributed by atoms with Gasteiger partial charge in [-0.15, -0.1) is 0 Å². The van der Waals surface area contributed by atoms with Crippen molar-refractivity contribution in [2.24, 2.45) is 0 Å². The fourth-order valence-electron chi connectivity index (χ4n) is 2.74. The Morgan fingerprint density at radius 3 is 2.85 bits per heavy atom. The Balaban J connectivity index is 2.13. The van der Waals surface area contributed by atoms with Gasteiger partial charge in [-0.2, -0.15) is 0 Å². The molecule has 20 heavy (non-hydrogen) atoms. The second-order valence-corrected chi connectivity index (χ2v) is 5.21. The van der Waals surface area contributed by atoms with Crippen molar-refractivity contribution in [1.29, 1.82) is 0 Å². The zero-order valence-electron chi connectivity index (χ0n) is 12.1. The number of hydrogen-bond acceptors (Lipinski definition) is 4. The van der Waals surface area contributed by atoms with E-state index in [1.54, 1.807) is 0 Å². The number of para-hydroxylation sites is 1. The maximum Gasteiger partial charge on any atom is 0.141 e. The Labute approximate surface area is 119 Å². The molecule has 2 aromatic rings. The molecule has 1 aromatic carbocycles. The smallest absolute Gasteiger partial charge is 0.141 e. The van der Waals surface area contributed by atoms with Crippen molar-refractivity contribution in [1.82, 2.24) is 9.97 Å². The molecular formula is C16H20N4. The second-order valence-electron chi connectivity index (χ2n) is 5.21. The molecule has 0 atom stereocenters. The first-order chi connectivity index (χ1) is 9.70. The summed E-state index contributed by atoms with van der Waals surface area (Å²) >= 11 is 0. The van der Waals surface area contributed by atoms with E-state index in [1.807, 2.05) is 6.92 Å². The topological polar surface area (TPSA) is 55.0 Å². The van der Waals surface area contributed by atoms with E-state index in [9.17, 15) is 0 Å². The normalized spacial score (nSPS) is 14.2. The number of nitrogens with zero attached hydrogens (tertiary/aromatic N) is 3. The molecule has 0 fully saturated rings. The van der Waals surface area contributed by atoms with Crippen LogP contribution in [0.15, 0.2) is 24.3 Å². The number of fused-ring (bicyclic) bond motifs is 1. The lowest BCUT2D eigenvalue weighted by molar-refractivity contribution is 0.752. The van der Waals surface area contributed by atoms with E-state index >= 15 is 0 Å². The van der Waals surface area contributed by atoms with E-state index in [1.165, 1.54) is 11.3 Å². The summed E-state index contributed by atoms with van der Waals surface area (Å²) in [5, 5.41) is 0. The number of aromatic nitrogens is 2. The van der Waals surface area contributed by atoms with Gasteiger partial charge in [0.15, 0.2) is 0 Å². The Kier molecular flexibility index (Phi) is 3.30. The van der Waals surface area contributed by atoms with E-state index < -0.39 is 0 Å². The van der Waals surface area contributed by atoms with Crippen molar-refractivity contribution >= 4 is 17.3 Å². The third kappa shape index (κ3) is 2.11. The number of benzene rings is 1. The number of rotatable bonds is 2. The van der Waals surface area contributed by atoms with Crippen molar-refractivity contribution in [2.45, 2.75) is 33.1 Å². The SMILES string of the molecule is CCc1nc(N)c(C)c(N2CCCc3ccccc32)n1. The zero-order chi connectivity index (χ0) is 14.1. The predicted octanol–water partition coefficient (Wildman–Crippen LogP) is 3.01.